The van der Waals surface area contributed by atoms with Gasteiger partial charge in [0.15, 0.2) is 0 Å². The topological polar surface area (TPSA) is 90.2 Å². The number of rotatable bonds is 4. The van der Waals surface area contributed by atoms with E-state index in [-0.39, 0.29) is 12.3 Å². The van der Waals surface area contributed by atoms with Crippen LogP contribution in [0.1, 0.15) is 11.1 Å². The minimum absolute atomic E-state index is 0.0377. The maximum Gasteiger partial charge on any atom is 0.242 e. The summed E-state index contributed by atoms with van der Waals surface area (Å²) in [6.45, 7) is -0.0377. The molecule has 2 N–H and O–H groups in total. The first-order chi connectivity index (χ1) is 9.94. The van der Waals surface area contributed by atoms with Crippen LogP contribution in [0.15, 0.2) is 47.4 Å². The summed E-state index contributed by atoms with van der Waals surface area (Å²) in [5.41, 5.74) is 0.0991. The van der Waals surface area contributed by atoms with Gasteiger partial charge in [-0.25, -0.2) is 17.5 Å². The highest BCUT2D eigenvalue weighted by Gasteiger charge is 2.20. The fourth-order valence-corrected chi connectivity index (χ4v) is 2.89. The molecule has 0 atom stereocenters. The predicted molar refractivity (Wildman–Crippen MR) is 73.2 cm³/mol. The highest BCUT2D eigenvalue weighted by atomic mass is 32.2. The van der Waals surface area contributed by atoms with Crippen molar-refractivity contribution in [2.24, 2.45) is 0 Å². The van der Waals surface area contributed by atoms with Gasteiger partial charge in [0, 0.05) is 6.54 Å². The lowest BCUT2D eigenvalue weighted by molar-refractivity contribution is 0.475. The third-order valence-corrected chi connectivity index (χ3v) is 4.22. The van der Waals surface area contributed by atoms with Crippen LogP contribution >= 0.6 is 0 Å². The van der Waals surface area contributed by atoms with Crippen molar-refractivity contribution in [3.63, 3.8) is 0 Å². The van der Waals surface area contributed by atoms with Crippen molar-refractivity contribution >= 4 is 10.0 Å². The number of nitrogens with one attached hydrogen (secondary N) is 1. The Labute approximate surface area is 121 Å². The number of benzene rings is 2. The first-order valence-corrected chi connectivity index (χ1v) is 7.38. The molecule has 0 saturated carbocycles. The first-order valence-electron chi connectivity index (χ1n) is 5.90. The summed E-state index contributed by atoms with van der Waals surface area (Å²) in [6, 6.07) is 10.9. The van der Waals surface area contributed by atoms with Crippen LogP contribution in [-0.4, -0.2) is 13.5 Å². The minimum atomic E-state index is -4.01. The summed E-state index contributed by atoms with van der Waals surface area (Å²) in [5, 5.41) is 18.0. The van der Waals surface area contributed by atoms with E-state index >= 15 is 0 Å². The van der Waals surface area contributed by atoms with Gasteiger partial charge >= 0.3 is 0 Å². The monoisotopic (exact) mass is 306 g/mol. The number of halogens is 1. The first kappa shape index (κ1) is 15.0. The average Bonchev–Trinajstić information content (AvgIpc) is 2.46. The Morgan fingerprint density at radius 2 is 1.86 bits per heavy atom. The summed E-state index contributed by atoms with van der Waals surface area (Å²) < 4.78 is 40.0. The molecule has 0 aliphatic rings. The van der Waals surface area contributed by atoms with Crippen molar-refractivity contribution in [3.05, 3.63) is 59.4 Å². The molecule has 0 fully saturated rings. The third-order valence-electron chi connectivity index (χ3n) is 2.78. The van der Waals surface area contributed by atoms with E-state index in [2.05, 4.69) is 4.72 Å². The molecule has 2 rings (SSSR count). The molecule has 0 heterocycles. The lowest BCUT2D eigenvalue weighted by atomic mass is 10.2. The Bertz CT molecular complexity index is 796. The van der Waals surface area contributed by atoms with Crippen LogP contribution in [0.4, 0.5) is 4.39 Å². The number of nitrogens with zero attached hydrogens (tertiary/aromatic N) is 1. The van der Waals surface area contributed by atoms with Gasteiger partial charge in [0.25, 0.3) is 0 Å². The number of phenolic OH excluding ortho intramolecular Hbond substituents is 1. The second-order valence-electron chi connectivity index (χ2n) is 4.22. The Hall–Kier alpha value is -2.43. The van der Waals surface area contributed by atoms with Crippen molar-refractivity contribution in [3.8, 4) is 11.8 Å². The standard InChI is InChI=1S/C14H11FN2O3S/c15-13-2-1-3-14(12(13)8-16)21(19,20)17-9-10-4-6-11(18)7-5-10/h1-7,17-18H,9H2. The molecule has 0 aliphatic heterocycles. The fourth-order valence-electron chi connectivity index (χ4n) is 1.71. The van der Waals surface area contributed by atoms with Crippen LogP contribution in [0.2, 0.25) is 0 Å². The molecule has 0 saturated heterocycles. The molecule has 0 aromatic heterocycles. The third kappa shape index (κ3) is 3.37. The summed E-state index contributed by atoms with van der Waals surface area (Å²) >= 11 is 0. The Kier molecular flexibility index (Phi) is 4.21. The Morgan fingerprint density at radius 1 is 1.19 bits per heavy atom. The van der Waals surface area contributed by atoms with E-state index in [0.29, 0.717) is 5.56 Å². The highest BCUT2D eigenvalue weighted by Crippen LogP contribution is 2.18. The average molecular weight is 306 g/mol. The molecular formula is C14H11FN2O3S. The van der Waals surface area contributed by atoms with E-state index < -0.39 is 26.3 Å². The van der Waals surface area contributed by atoms with Gasteiger partial charge in [-0.1, -0.05) is 18.2 Å². The van der Waals surface area contributed by atoms with Gasteiger partial charge in [-0.15, -0.1) is 0 Å². The fraction of sp³-hybridized carbons (Fsp3) is 0.0714. The Morgan fingerprint density at radius 3 is 2.48 bits per heavy atom. The second kappa shape index (κ2) is 5.91. The van der Waals surface area contributed by atoms with Crippen LogP contribution in [0.25, 0.3) is 0 Å². The largest absolute Gasteiger partial charge is 0.508 e. The van der Waals surface area contributed by atoms with Crippen molar-refractivity contribution in [2.45, 2.75) is 11.4 Å². The van der Waals surface area contributed by atoms with E-state index in [1.54, 1.807) is 18.2 Å². The van der Waals surface area contributed by atoms with E-state index in [4.69, 9.17) is 10.4 Å². The summed E-state index contributed by atoms with van der Waals surface area (Å²) in [7, 11) is -4.01. The summed E-state index contributed by atoms with van der Waals surface area (Å²) in [5.74, 6) is -0.816. The number of phenols is 1. The number of sulfonamides is 1. The van der Waals surface area contributed by atoms with Crippen LogP contribution in [0.5, 0.6) is 5.75 Å². The maximum atomic E-state index is 13.4. The quantitative estimate of drug-likeness (QED) is 0.902. The van der Waals surface area contributed by atoms with E-state index in [1.807, 2.05) is 0 Å². The molecular weight excluding hydrogens is 295 g/mol. The predicted octanol–water partition coefficient (Wildman–Crippen LogP) is 1.88. The van der Waals surface area contributed by atoms with Crippen LogP contribution in [-0.2, 0) is 16.6 Å². The van der Waals surface area contributed by atoms with Gasteiger partial charge in [-0.3, -0.25) is 0 Å². The SMILES string of the molecule is N#Cc1c(F)cccc1S(=O)(=O)NCc1ccc(O)cc1. The zero-order valence-electron chi connectivity index (χ0n) is 10.7. The van der Waals surface area contributed by atoms with E-state index in [9.17, 15) is 12.8 Å². The van der Waals surface area contributed by atoms with Crippen molar-refractivity contribution in [1.29, 1.82) is 5.26 Å². The molecule has 108 valence electrons. The van der Waals surface area contributed by atoms with Gasteiger partial charge in [0.1, 0.15) is 28.1 Å². The number of hydrogen-bond acceptors (Lipinski definition) is 4. The van der Waals surface area contributed by atoms with Crippen molar-refractivity contribution in [1.82, 2.24) is 4.72 Å². The van der Waals surface area contributed by atoms with E-state index in [1.165, 1.54) is 24.3 Å². The lowest BCUT2D eigenvalue weighted by Gasteiger charge is -2.08. The van der Waals surface area contributed by atoms with Gasteiger partial charge in [0.05, 0.1) is 0 Å². The molecule has 0 unspecified atom stereocenters. The number of aromatic hydroxyl groups is 1. The van der Waals surface area contributed by atoms with Crippen LogP contribution in [0, 0.1) is 17.1 Å². The van der Waals surface area contributed by atoms with Gasteiger partial charge < -0.3 is 5.11 Å². The van der Waals surface area contributed by atoms with Gasteiger partial charge in [-0.05, 0) is 29.8 Å². The summed E-state index contributed by atoms with van der Waals surface area (Å²) in [4.78, 5) is -0.399. The molecule has 2 aromatic carbocycles. The minimum Gasteiger partial charge on any atom is -0.508 e. The zero-order valence-corrected chi connectivity index (χ0v) is 11.6. The van der Waals surface area contributed by atoms with Crippen LogP contribution in [0.3, 0.4) is 0 Å². The maximum absolute atomic E-state index is 13.4. The molecule has 5 nitrogen and oxygen atoms in total. The zero-order chi connectivity index (χ0) is 15.5. The molecule has 0 spiro atoms. The highest BCUT2D eigenvalue weighted by molar-refractivity contribution is 7.89. The second-order valence-corrected chi connectivity index (χ2v) is 5.95. The van der Waals surface area contributed by atoms with Crippen molar-refractivity contribution < 1.29 is 17.9 Å². The van der Waals surface area contributed by atoms with Gasteiger partial charge in [-0.2, -0.15) is 5.26 Å². The van der Waals surface area contributed by atoms with Gasteiger partial charge in [0.2, 0.25) is 10.0 Å². The molecule has 2 aromatic rings. The molecule has 21 heavy (non-hydrogen) atoms. The molecule has 0 bridgehead atoms. The van der Waals surface area contributed by atoms with Crippen LogP contribution < -0.4 is 4.72 Å². The molecule has 0 radical (unpaired) electrons. The molecule has 7 heteroatoms. The molecule has 0 aliphatic carbocycles. The number of hydrogen-bond donors (Lipinski definition) is 2. The smallest absolute Gasteiger partial charge is 0.242 e. The van der Waals surface area contributed by atoms with E-state index in [0.717, 1.165) is 6.07 Å². The summed E-state index contributed by atoms with van der Waals surface area (Å²) in [6.07, 6.45) is 0. The number of nitriles is 1. The van der Waals surface area contributed by atoms with Crippen molar-refractivity contribution in [2.75, 3.05) is 0 Å². The normalized spacial score (nSPS) is 11.0. The Balaban J connectivity index is 2.25. The lowest BCUT2D eigenvalue weighted by Crippen LogP contribution is -2.24. The molecule has 0 amide bonds.